The van der Waals surface area contributed by atoms with Crippen LogP contribution < -0.4 is 5.73 Å². The second kappa shape index (κ2) is 4.79. The molecule has 0 aliphatic carbocycles. The molecule has 0 saturated carbocycles. The van der Waals surface area contributed by atoms with E-state index in [0.29, 0.717) is 18.0 Å². The molecule has 17 heavy (non-hydrogen) atoms. The number of rotatable bonds is 3. The van der Waals surface area contributed by atoms with Gasteiger partial charge in [0.2, 0.25) is 0 Å². The van der Waals surface area contributed by atoms with Crippen LogP contribution in [0.4, 0.5) is 0 Å². The summed E-state index contributed by atoms with van der Waals surface area (Å²) >= 11 is 0. The van der Waals surface area contributed by atoms with Crippen LogP contribution in [-0.2, 0) is 0 Å². The molecule has 1 heterocycles. The highest BCUT2D eigenvalue weighted by molar-refractivity contribution is 5.24. The summed E-state index contributed by atoms with van der Waals surface area (Å²) in [5.74, 6) is 0. The van der Waals surface area contributed by atoms with E-state index in [9.17, 15) is 0 Å². The molecule has 0 aromatic heterocycles. The van der Waals surface area contributed by atoms with Gasteiger partial charge in [-0.2, -0.15) is 0 Å². The second-order valence-corrected chi connectivity index (χ2v) is 6.05. The Kier molecular flexibility index (Phi) is 3.55. The monoisotopic (exact) mass is 232 g/mol. The van der Waals surface area contributed by atoms with Gasteiger partial charge in [0.05, 0.1) is 0 Å². The predicted molar refractivity (Wildman–Crippen MR) is 72.9 cm³/mol. The molecule has 0 spiro atoms. The van der Waals surface area contributed by atoms with Crippen LogP contribution in [0.1, 0.15) is 37.4 Å². The van der Waals surface area contributed by atoms with Gasteiger partial charge in [0, 0.05) is 19.1 Å². The van der Waals surface area contributed by atoms with Crippen LogP contribution in [0, 0.1) is 12.3 Å². The van der Waals surface area contributed by atoms with Gasteiger partial charge in [-0.1, -0.05) is 43.7 Å². The lowest BCUT2D eigenvalue weighted by Gasteiger charge is -2.28. The summed E-state index contributed by atoms with van der Waals surface area (Å²) in [4.78, 5) is 2.53. The van der Waals surface area contributed by atoms with Crippen LogP contribution in [0.25, 0.3) is 0 Å². The fourth-order valence-corrected chi connectivity index (χ4v) is 2.70. The molecule has 1 atom stereocenters. The summed E-state index contributed by atoms with van der Waals surface area (Å²) in [6, 6.07) is 9.19. The van der Waals surface area contributed by atoms with Crippen LogP contribution in [0.3, 0.4) is 0 Å². The third-order valence-electron chi connectivity index (χ3n) is 3.83. The standard InChI is InChI=1S/C15H24N2/c1-12-4-6-13(7-5-12)14(10-16)17-9-8-15(2,3)11-17/h4-7,14H,8-11,16H2,1-3H3. The van der Waals surface area contributed by atoms with Crippen molar-refractivity contribution in [3.63, 3.8) is 0 Å². The maximum atomic E-state index is 5.97. The zero-order chi connectivity index (χ0) is 12.5. The number of aryl methyl sites for hydroxylation is 1. The highest BCUT2D eigenvalue weighted by Crippen LogP contribution is 2.34. The minimum atomic E-state index is 0.386. The van der Waals surface area contributed by atoms with Gasteiger partial charge in [-0.15, -0.1) is 0 Å². The molecule has 1 aliphatic rings. The molecule has 1 fully saturated rings. The number of nitrogens with two attached hydrogens (primary N) is 1. The Labute approximate surface area is 105 Å². The van der Waals surface area contributed by atoms with Gasteiger partial charge >= 0.3 is 0 Å². The fraction of sp³-hybridized carbons (Fsp3) is 0.600. The molecule has 1 unspecified atom stereocenters. The lowest BCUT2D eigenvalue weighted by Crippen LogP contribution is -2.33. The predicted octanol–water partition coefficient (Wildman–Crippen LogP) is 2.73. The SMILES string of the molecule is Cc1ccc(C(CN)N2CCC(C)(C)C2)cc1. The van der Waals surface area contributed by atoms with Crippen LogP contribution in [0.2, 0.25) is 0 Å². The van der Waals surface area contributed by atoms with E-state index >= 15 is 0 Å². The maximum absolute atomic E-state index is 5.97. The number of likely N-dealkylation sites (tertiary alicyclic amines) is 1. The van der Waals surface area contributed by atoms with Gasteiger partial charge in [-0.25, -0.2) is 0 Å². The van der Waals surface area contributed by atoms with E-state index in [1.54, 1.807) is 0 Å². The Morgan fingerprint density at radius 1 is 1.29 bits per heavy atom. The van der Waals surface area contributed by atoms with Crippen molar-refractivity contribution in [1.82, 2.24) is 4.90 Å². The second-order valence-electron chi connectivity index (χ2n) is 6.05. The lowest BCUT2D eigenvalue weighted by atomic mass is 9.93. The minimum Gasteiger partial charge on any atom is -0.329 e. The van der Waals surface area contributed by atoms with E-state index < -0.39 is 0 Å². The van der Waals surface area contributed by atoms with Gasteiger partial charge in [-0.3, -0.25) is 4.90 Å². The number of nitrogens with zero attached hydrogens (tertiary/aromatic N) is 1. The highest BCUT2D eigenvalue weighted by atomic mass is 15.2. The van der Waals surface area contributed by atoms with E-state index in [-0.39, 0.29) is 0 Å². The van der Waals surface area contributed by atoms with Crippen molar-refractivity contribution in [3.05, 3.63) is 35.4 Å². The average Bonchev–Trinajstić information content (AvgIpc) is 2.63. The van der Waals surface area contributed by atoms with Crippen LogP contribution in [-0.4, -0.2) is 24.5 Å². The van der Waals surface area contributed by atoms with Gasteiger partial charge in [0.25, 0.3) is 0 Å². The lowest BCUT2D eigenvalue weighted by molar-refractivity contribution is 0.223. The molecule has 0 radical (unpaired) electrons. The number of hydrogen-bond donors (Lipinski definition) is 1. The first kappa shape index (κ1) is 12.6. The molecule has 1 aromatic carbocycles. The molecule has 1 aromatic rings. The summed E-state index contributed by atoms with van der Waals surface area (Å²) in [5.41, 5.74) is 9.08. The molecule has 94 valence electrons. The largest absolute Gasteiger partial charge is 0.329 e. The van der Waals surface area contributed by atoms with Crippen LogP contribution in [0.15, 0.2) is 24.3 Å². The quantitative estimate of drug-likeness (QED) is 0.868. The van der Waals surface area contributed by atoms with Gasteiger partial charge in [0.15, 0.2) is 0 Å². The Balaban J connectivity index is 2.14. The molecule has 2 N–H and O–H groups in total. The zero-order valence-electron chi connectivity index (χ0n) is 11.2. The molecular formula is C15H24N2. The number of hydrogen-bond acceptors (Lipinski definition) is 2. The normalized spacial score (nSPS) is 21.6. The molecule has 0 amide bonds. The average molecular weight is 232 g/mol. The summed E-state index contributed by atoms with van der Waals surface area (Å²) < 4.78 is 0. The van der Waals surface area contributed by atoms with E-state index in [1.807, 2.05) is 0 Å². The van der Waals surface area contributed by atoms with Crippen LogP contribution in [0.5, 0.6) is 0 Å². The smallest absolute Gasteiger partial charge is 0.0470 e. The third kappa shape index (κ3) is 2.88. The first-order valence-corrected chi connectivity index (χ1v) is 6.52. The van der Waals surface area contributed by atoms with Crippen molar-refractivity contribution in [2.75, 3.05) is 19.6 Å². The minimum absolute atomic E-state index is 0.386. The first-order valence-electron chi connectivity index (χ1n) is 6.52. The zero-order valence-corrected chi connectivity index (χ0v) is 11.2. The maximum Gasteiger partial charge on any atom is 0.0470 e. The number of benzene rings is 1. The third-order valence-corrected chi connectivity index (χ3v) is 3.83. The van der Waals surface area contributed by atoms with Crippen molar-refractivity contribution in [2.24, 2.45) is 11.1 Å². The molecule has 1 aliphatic heterocycles. The summed E-state index contributed by atoms with van der Waals surface area (Å²) in [6.07, 6.45) is 1.27. The molecule has 0 bridgehead atoms. The van der Waals surface area contributed by atoms with Crippen LogP contribution >= 0.6 is 0 Å². The molecule has 2 rings (SSSR count). The summed E-state index contributed by atoms with van der Waals surface area (Å²) in [6.45, 7) is 9.84. The van der Waals surface area contributed by atoms with Gasteiger partial charge in [-0.05, 0) is 30.9 Å². The first-order chi connectivity index (χ1) is 8.02. The van der Waals surface area contributed by atoms with Crippen molar-refractivity contribution < 1.29 is 0 Å². The summed E-state index contributed by atoms with van der Waals surface area (Å²) in [5, 5.41) is 0. The van der Waals surface area contributed by atoms with Crippen molar-refractivity contribution in [1.29, 1.82) is 0 Å². The Morgan fingerprint density at radius 2 is 1.94 bits per heavy atom. The Hall–Kier alpha value is -0.860. The molecule has 2 heteroatoms. The van der Waals surface area contributed by atoms with Crippen molar-refractivity contribution >= 4 is 0 Å². The van der Waals surface area contributed by atoms with Gasteiger partial charge < -0.3 is 5.73 Å². The highest BCUT2D eigenvalue weighted by Gasteiger charge is 2.33. The van der Waals surface area contributed by atoms with E-state index in [0.717, 1.165) is 6.54 Å². The van der Waals surface area contributed by atoms with E-state index in [1.165, 1.54) is 24.1 Å². The van der Waals surface area contributed by atoms with Gasteiger partial charge in [0.1, 0.15) is 0 Å². The van der Waals surface area contributed by atoms with E-state index in [2.05, 4.69) is 49.9 Å². The molecule has 1 saturated heterocycles. The molecule has 2 nitrogen and oxygen atoms in total. The van der Waals surface area contributed by atoms with E-state index in [4.69, 9.17) is 5.73 Å². The fourth-order valence-electron chi connectivity index (χ4n) is 2.70. The topological polar surface area (TPSA) is 29.3 Å². The molecular weight excluding hydrogens is 208 g/mol. The van der Waals surface area contributed by atoms with Crippen molar-refractivity contribution in [2.45, 2.75) is 33.2 Å². The van der Waals surface area contributed by atoms with Crippen molar-refractivity contribution in [3.8, 4) is 0 Å². The Bertz CT molecular complexity index is 367. The summed E-state index contributed by atoms with van der Waals surface area (Å²) in [7, 11) is 0. The Morgan fingerprint density at radius 3 is 2.41 bits per heavy atom.